The molecule has 0 saturated carbocycles. The van der Waals surface area contributed by atoms with Gasteiger partial charge in [0.25, 0.3) is 0 Å². The first-order chi connectivity index (χ1) is 11.5. The highest BCUT2D eigenvalue weighted by Gasteiger charge is 2.37. The number of nitrogens with two attached hydrogens (primary N) is 1. The van der Waals surface area contributed by atoms with E-state index >= 15 is 0 Å². The van der Waals surface area contributed by atoms with Gasteiger partial charge in [-0.05, 0) is 25.1 Å². The van der Waals surface area contributed by atoms with Crippen molar-refractivity contribution in [3.8, 4) is 0 Å². The van der Waals surface area contributed by atoms with E-state index in [1.165, 1.54) is 6.07 Å². The van der Waals surface area contributed by atoms with E-state index in [2.05, 4.69) is 4.90 Å². The lowest BCUT2D eigenvalue weighted by molar-refractivity contribution is -0.139. The van der Waals surface area contributed by atoms with E-state index < -0.39 is 26.7 Å². The molecule has 1 aromatic rings. The van der Waals surface area contributed by atoms with Gasteiger partial charge in [-0.25, -0.2) is 13.6 Å². The summed E-state index contributed by atoms with van der Waals surface area (Å²) in [6.07, 6.45) is -4.80. The number of hydrogen-bond donors (Lipinski definition) is 1. The van der Waals surface area contributed by atoms with Crippen molar-refractivity contribution in [1.82, 2.24) is 4.90 Å². The van der Waals surface area contributed by atoms with E-state index in [1.807, 2.05) is 6.92 Å². The van der Waals surface area contributed by atoms with Crippen molar-refractivity contribution in [2.75, 3.05) is 44.8 Å². The number of nitrogens with zero attached hydrogens (tertiary/aromatic N) is 2. The van der Waals surface area contributed by atoms with Crippen molar-refractivity contribution < 1.29 is 26.3 Å². The second-order valence-corrected chi connectivity index (χ2v) is 7.58. The number of anilines is 1. The average Bonchev–Trinajstić information content (AvgIpc) is 2.53. The van der Waals surface area contributed by atoms with Gasteiger partial charge in [0, 0.05) is 45.0 Å². The minimum Gasteiger partial charge on any atom is -0.383 e. The average molecular weight is 381 g/mol. The first-order valence-corrected chi connectivity index (χ1v) is 9.30. The smallest absolute Gasteiger partial charge is 0.383 e. The maximum Gasteiger partial charge on any atom is 0.417 e. The summed E-state index contributed by atoms with van der Waals surface area (Å²) in [4.78, 5) is 3.10. The number of methoxy groups -OCH3 is 1. The van der Waals surface area contributed by atoms with Crippen molar-refractivity contribution in [3.63, 3.8) is 0 Å². The van der Waals surface area contributed by atoms with Crippen LogP contribution < -0.4 is 10.0 Å². The monoisotopic (exact) mass is 381 g/mol. The third kappa shape index (κ3) is 4.84. The number of halogens is 3. The highest BCUT2D eigenvalue weighted by molar-refractivity contribution is 7.89. The molecule has 1 aromatic carbocycles. The Balaban J connectivity index is 2.22. The summed E-state index contributed by atoms with van der Waals surface area (Å²) < 4.78 is 67.6. The van der Waals surface area contributed by atoms with Crippen molar-refractivity contribution in [2.24, 2.45) is 5.14 Å². The van der Waals surface area contributed by atoms with Crippen LogP contribution in [0.2, 0.25) is 0 Å². The molecular weight excluding hydrogens is 359 g/mol. The molecule has 0 spiro atoms. The molecule has 0 amide bonds. The number of hydrogen-bond acceptors (Lipinski definition) is 5. The fourth-order valence-corrected chi connectivity index (χ4v) is 3.69. The Kier molecular flexibility index (Phi) is 5.97. The predicted octanol–water partition coefficient (Wildman–Crippen LogP) is 1.51. The van der Waals surface area contributed by atoms with E-state index in [9.17, 15) is 21.6 Å². The standard InChI is InChI=1S/C15H22F3N3O3S/c1-11(10-24-2)20-5-7-21(8-6-20)12-3-4-14(25(19,22)23)13(9-12)15(16,17)18/h3-4,9,11H,5-8,10H2,1-2H3,(H2,19,22,23). The van der Waals surface area contributed by atoms with E-state index in [0.29, 0.717) is 38.5 Å². The minimum absolute atomic E-state index is 0.225. The topological polar surface area (TPSA) is 75.9 Å². The highest BCUT2D eigenvalue weighted by Crippen LogP contribution is 2.36. The number of sulfonamides is 1. The van der Waals surface area contributed by atoms with Gasteiger partial charge < -0.3 is 9.64 Å². The maximum absolute atomic E-state index is 13.2. The van der Waals surface area contributed by atoms with Crippen molar-refractivity contribution >= 4 is 15.7 Å². The number of alkyl halides is 3. The summed E-state index contributed by atoms with van der Waals surface area (Å²) in [5.74, 6) is 0. The first-order valence-electron chi connectivity index (χ1n) is 7.76. The molecule has 0 aromatic heterocycles. The van der Waals surface area contributed by atoms with Crippen LogP contribution in [0.15, 0.2) is 23.1 Å². The number of benzene rings is 1. The lowest BCUT2D eigenvalue weighted by Crippen LogP contribution is -2.50. The Morgan fingerprint density at radius 1 is 1.24 bits per heavy atom. The molecule has 142 valence electrons. The summed E-state index contributed by atoms with van der Waals surface area (Å²) in [7, 11) is -2.83. The molecule has 1 saturated heterocycles. The van der Waals surface area contributed by atoms with Crippen LogP contribution in [0.3, 0.4) is 0 Å². The van der Waals surface area contributed by atoms with Crippen LogP contribution in [0.25, 0.3) is 0 Å². The van der Waals surface area contributed by atoms with E-state index in [-0.39, 0.29) is 6.04 Å². The Bertz CT molecular complexity index is 702. The van der Waals surface area contributed by atoms with Crippen molar-refractivity contribution in [1.29, 1.82) is 0 Å². The Hall–Kier alpha value is -1.36. The lowest BCUT2D eigenvalue weighted by Gasteiger charge is -2.39. The van der Waals surface area contributed by atoms with Crippen LogP contribution in [-0.4, -0.2) is 59.3 Å². The summed E-state index contributed by atoms with van der Waals surface area (Å²) >= 11 is 0. The van der Waals surface area contributed by atoms with Crippen LogP contribution in [0.5, 0.6) is 0 Å². The molecule has 1 atom stereocenters. The SMILES string of the molecule is COCC(C)N1CCN(c2ccc(S(N)(=O)=O)c(C(F)(F)F)c2)CC1. The summed E-state index contributed by atoms with van der Waals surface area (Å²) in [6.45, 7) is 5.06. The number of rotatable bonds is 5. The first kappa shape index (κ1) is 20.0. The van der Waals surface area contributed by atoms with Crippen LogP contribution in [0.4, 0.5) is 18.9 Å². The molecule has 25 heavy (non-hydrogen) atoms. The molecule has 0 bridgehead atoms. The molecule has 1 heterocycles. The zero-order valence-electron chi connectivity index (χ0n) is 14.1. The zero-order valence-corrected chi connectivity index (χ0v) is 14.9. The van der Waals surface area contributed by atoms with Gasteiger partial charge in [-0.15, -0.1) is 0 Å². The van der Waals surface area contributed by atoms with Crippen molar-refractivity contribution in [2.45, 2.75) is 24.0 Å². The molecule has 1 aliphatic heterocycles. The summed E-state index contributed by atoms with van der Waals surface area (Å²) in [6, 6.07) is 3.37. The van der Waals surface area contributed by atoms with Gasteiger partial charge in [0.2, 0.25) is 10.0 Å². The van der Waals surface area contributed by atoms with E-state index in [0.717, 1.165) is 12.1 Å². The fraction of sp³-hybridized carbons (Fsp3) is 0.600. The van der Waals surface area contributed by atoms with Gasteiger partial charge in [0.1, 0.15) is 0 Å². The predicted molar refractivity (Wildman–Crippen MR) is 87.9 cm³/mol. The fourth-order valence-electron chi connectivity index (χ4n) is 2.95. The third-order valence-corrected chi connectivity index (χ3v) is 5.25. The second kappa shape index (κ2) is 7.48. The summed E-state index contributed by atoms with van der Waals surface area (Å²) in [5, 5.41) is 4.90. The molecule has 0 radical (unpaired) electrons. The van der Waals surface area contributed by atoms with Gasteiger partial charge in [0.15, 0.2) is 0 Å². The number of piperazine rings is 1. The normalized spacial score (nSPS) is 18.4. The lowest BCUT2D eigenvalue weighted by atomic mass is 10.1. The van der Waals surface area contributed by atoms with Crippen LogP contribution in [0, 0.1) is 0 Å². The third-order valence-electron chi connectivity index (χ3n) is 4.29. The van der Waals surface area contributed by atoms with Gasteiger partial charge in [0.05, 0.1) is 17.1 Å². The number of ether oxygens (including phenoxy) is 1. The molecule has 0 aliphatic carbocycles. The largest absolute Gasteiger partial charge is 0.417 e. The molecule has 2 N–H and O–H groups in total. The van der Waals surface area contributed by atoms with E-state index in [1.54, 1.807) is 12.0 Å². The van der Waals surface area contributed by atoms with Gasteiger partial charge in [-0.2, -0.15) is 13.2 Å². The van der Waals surface area contributed by atoms with Gasteiger partial charge in [-0.3, -0.25) is 4.90 Å². The minimum atomic E-state index is -4.80. The van der Waals surface area contributed by atoms with E-state index in [4.69, 9.17) is 9.88 Å². The highest BCUT2D eigenvalue weighted by atomic mass is 32.2. The molecule has 1 aliphatic rings. The van der Waals surface area contributed by atoms with Crippen LogP contribution in [-0.2, 0) is 20.9 Å². The molecule has 1 fully saturated rings. The molecular formula is C15H22F3N3O3S. The van der Waals surface area contributed by atoms with Crippen molar-refractivity contribution in [3.05, 3.63) is 23.8 Å². The molecule has 10 heteroatoms. The van der Waals surface area contributed by atoms with Crippen LogP contribution in [0.1, 0.15) is 12.5 Å². The zero-order chi connectivity index (χ0) is 18.8. The quantitative estimate of drug-likeness (QED) is 0.837. The Labute approximate surface area is 145 Å². The molecule has 6 nitrogen and oxygen atoms in total. The number of primary sulfonamides is 1. The Morgan fingerprint density at radius 2 is 1.84 bits per heavy atom. The second-order valence-electron chi connectivity index (χ2n) is 6.05. The van der Waals surface area contributed by atoms with Gasteiger partial charge >= 0.3 is 6.18 Å². The van der Waals surface area contributed by atoms with Crippen LogP contribution >= 0.6 is 0 Å². The Morgan fingerprint density at radius 3 is 2.32 bits per heavy atom. The molecule has 1 unspecified atom stereocenters. The summed E-state index contributed by atoms with van der Waals surface area (Å²) in [5.41, 5.74) is -0.901. The van der Waals surface area contributed by atoms with Gasteiger partial charge in [-0.1, -0.05) is 0 Å². The molecule has 2 rings (SSSR count). The maximum atomic E-state index is 13.2.